The Morgan fingerprint density at radius 1 is 1.28 bits per heavy atom. The Morgan fingerprint density at radius 2 is 1.96 bits per heavy atom. The molecule has 0 fully saturated rings. The Kier molecular flexibility index (Phi) is 5.41. The second kappa shape index (κ2) is 7.33. The molecule has 8 nitrogen and oxygen atoms in total. The normalized spacial score (nSPS) is 13.2. The number of hydrogen-bond donors (Lipinski definition) is 2. The van der Waals surface area contributed by atoms with Crippen molar-refractivity contribution in [3.05, 3.63) is 45.1 Å². The van der Waals surface area contributed by atoms with Gasteiger partial charge in [0, 0.05) is 13.0 Å². The molecule has 0 aliphatic rings. The molecule has 0 spiro atoms. The second-order valence-electron chi connectivity index (χ2n) is 5.90. The average Bonchev–Trinajstić information content (AvgIpc) is 2.60. The van der Waals surface area contributed by atoms with Crippen molar-refractivity contribution in [2.75, 3.05) is 7.11 Å². The van der Waals surface area contributed by atoms with Gasteiger partial charge in [-0.2, -0.15) is 0 Å². The molecule has 134 valence electrons. The van der Waals surface area contributed by atoms with Gasteiger partial charge in [0.2, 0.25) is 5.91 Å². The van der Waals surface area contributed by atoms with Crippen molar-refractivity contribution in [1.82, 2.24) is 14.9 Å². The second-order valence-corrected chi connectivity index (χ2v) is 5.90. The maximum absolute atomic E-state index is 12.2. The van der Waals surface area contributed by atoms with Crippen molar-refractivity contribution in [3.8, 4) is 0 Å². The molecule has 1 aromatic carbocycles. The van der Waals surface area contributed by atoms with Crippen molar-refractivity contribution >= 4 is 22.8 Å². The Balaban J connectivity index is 2.21. The summed E-state index contributed by atoms with van der Waals surface area (Å²) < 4.78 is 6.04. The SMILES string of the molecule is CC[C@@](C)(NC(=O)CCn1c(=O)[nH]c(=O)c2ccccc21)C(=O)OC. The predicted octanol–water partition coefficient (Wildman–Crippen LogP) is 0.538. The smallest absolute Gasteiger partial charge is 0.331 e. The Bertz CT molecular complexity index is 914. The van der Waals surface area contributed by atoms with Crippen molar-refractivity contribution in [2.45, 2.75) is 38.8 Å². The summed E-state index contributed by atoms with van der Waals surface area (Å²) in [7, 11) is 1.26. The molecule has 0 radical (unpaired) electrons. The lowest BCUT2D eigenvalue weighted by Gasteiger charge is -2.26. The number of para-hydroxylation sites is 1. The Hall–Kier alpha value is -2.90. The van der Waals surface area contributed by atoms with Gasteiger partial charge in [-0.15, -0.1) is 0 Å². The minimum Gasteiger partial charge on any atom is -0.467 e. The lowest BCUT2D eigenvalue weighted by molar-refractivity contribution is -0.150. The molecule has 25 heavy (non-hydrogen) atoms. The molecule has 2 rings (SSSR count). The number of aromatic nitrogens is 2. The molecule has 0 aliphatic carbocycles. The van der Waals surface area contributed by atoms with Gasteiger partial charge in [-0.25, -0.2) is 9.59 Å². The number of ether oxygens (including phenoxy) is 1. The fourth-order valence-electron chi connectivity index (χ4n) is 2.56. The molecule has 1 atom stereocenters. The van der Waals surface area contributed by atoms with E-state index in [0.717, 1.165) is 0 Å². The number of esters is 1. The number of nitrogens with zero attached hydrogens (tertiary/aromatic N) is 1. The highest BCUT2D eigenvalue weighted by molar-refractivity contribution is 5.87. The molecule has 0 unspecified atom stereocenters. The van der Waals surface area contributed by atoms with Crippen LogP contribution in [0, 0.1) is 0 Å². The van der Waals surface area contributed by atoms with E-state index >= 15 is 0 Å². The third kappa shape index (κ3) is 3.78. The van der Waals surface area contributed by atoms with Gasteiger partial charge < -0.3 is 10.1 Å². The number of methoxy groups -OCH3 is 1. The highest BCUT2D eigenvalue weighted by atomic mass is 16.5. The summed E-state index contributed by atoms with van der Waals surface area (Å²) in [6.07, 6.45) is 0.343. The van der Waals surface area contributed by atoms with E-state index in [1.807, 2.05) is 0 Å². The van der Waals surface area contributed by atoms with E-state index < -0.39 is 28.7 Å². The molecule has 0 aliphatic heterocycles. The van der Waals surface area contributed by atoms with Crippen molar-refractivity contribution in [2.24, 2.45) is 0 Å². The Labute approximate surface area is 143 Å². The standard InChI is InChI=1S/C17H21N3O5/c1-4-17(2,15(23)25-3)19-13(21)9-10-20-12-8-6-5-7-11(12)14(22)18-16(20)24/h5-8H,4,9-10H2,1-3H3,(H,19,21)(H,18,22,24)/t17-/m1/s1. The lowest BCUT2D eigenvalue weighted by Crippen LogP contribution is -2.52. The molecule has 0 bridgehead atoms. The van der Waals surface area contributed by atoms with E-state index in [9.17, 15) is 19.2 Å². The van der Waals surface area contributed by atoms with E-state index in [1.54, 1.807) is 38.1 Å². The number of benzene rings is 1. The third-order valence-corrected chi connectivity index (χ3v) is 4.23. The van der Waals surface area contributed by atoms with Crippen LogP contribution in [0.15, 0.2) is 33.9 Å². The molecule has 0 saturated heterocycles. The van der Waals surface area contributed by atoms with Gasteiger partial charge >= 0.3 is 11.7 Å². The van der Waals surface area contributed by atoms with Crippen LogP contribution in [0.4, 0.5) is 0 Å². The molecule has 2 N–H and O–H groups in total. The van der Waals surface area contributed by atoms with Crippen LogP contribution in [-0.2, 0) is 20.9 Å². The van der Waals surface area contributed by atoms with Crippen molar-refractivity contribution < 1.29 is 14.3 Å². The molecule has 1 heterocycles. The highest BCUT2D eigenvalue weighted by Gasteiger charge is 2.33. The summed E-state index contributed by atoms with van der Waals surface area (Å²) in [6, 6.07) is 6.66. The number of aromatic amines is 1. The summed E-state index contributed by atoms with van der Waals surface area (Å²) in [4.78, 5) is 50.2. The number of aryl methyl sites for hydroxylation is 1. The molecule has 0 saturated carbocycles. The van der Waals surface area contributed by atoms with E-state index in [2.05, 4.69) is 10.3 Å². The summed E-state index contributed by atoms with van der Waals surface area (Å²) >= 11 is 0. The molecular formula is C17H21N3O5. The zero-order valence-corrected chi connectivity index (χ0v) is 14.4. The van der Waals surface area contributed by atoms with Crippen LogP contribution in [-0.4, -0.2) is 34.1 Å². The number of carbonyl (C=O) groups excluding carboxylic acids is 2. The van der Waals surface area contributed by atoms with E-state index in [4.69, 9.17) is 4.74 Å². The first-order chi connectivity index (χ1) is 11.8. The summed E-state index contributed by atoms with van der Waals surface area (Å²) in [5, 5.41) is 3.01. The van der Waals surface area contributed by atoms with Gasteiger partial charge in [-0.05, 0) is 25.5 Å². The molecule has 1 aromatic heterocycles. The average molecular weight is 347 g/mol. The minimum atomic E-state index is -1.12. The monoisotopic (exact) mass is 347 g/mol. The van der Waals surface area contributed by atoms with Crippen molar-refractivity contribution in [3.63, 3.8) is 0 Å². The number of rotatable bonds is 6. The first-order valence-corrected chi connectivity index (χ1v) is 7.93. The zero-order chi connectivity index (χ0) is 18.6. The number of H-pyrrole nitrogens is 1. The molecule has 8 heteroatoms. The first kappa shape index (κ1) is 18.4. The summed E-state index contributed by atoms with van der Waals surface area (Å²) in [5.41, 5.74) is -1.72. The molecule has 2 aromatic rings. The number of amides is 1. The molecule has 1 amide bonds. The van der Waals surface area contributed by atoms with E-state index in [-0.39, 0.29) is 13.0 Å². The number of hydrogen-bond acceptors (Lipinski definition) is 5. The maximum atomic E-state index is 12.2. The van der Waals surface area contributed by atoms with Gasteiger partial charge in [-0.1, -0.05) is 19.1 Å². The van der Waals surface area contributed by atoms with Crippen LogP contribution < -0.4 is 16.6 Å². The van der Waals surface area contributed by atoms with Crippen LogP contribution in [0.25, 0.3) is 10.9 Å². The number of nitrogens with one attached hydrogen (secondary N) is 2. The van der Waals surface area contributed by atoms with Crippen LogP contribution in [0.2, 0.25) is 0 Å². The zero-order valence-electron chi connectivity index (χ0n) is 14.4. The number of fused-ring (bicyclic) bond motifs is 1. The van der Waals surface area contributed by atoms with Gasteiger partial charge in [0.05, 0.1) is 18.0 Å². The van der Waals surface area contributed by atoms with Gasteiger partial charge in [0.25, 0.3) is 5.56 Å². The topological polar surface area (TPSA) is 110 Å². The summed E-state index contributed by atoms with van der Waals surface area (Å²) in [5.74, 6) is -0.924. The fraction of sp³-hybridized carbons (Fsp3) is 0.412. The first-order valence-electron chi connectivity index (χ1n) is 7.93. The lowest BCUT2D eigenvalue weighted by atomic mass is 9.99. The van der Waals surface area contributed by atoms with Crippen LogP contribution in [0.1, 0.15) is 26.7 Å². The van der Waals surface area contributed by atoms with Crippen molar-refractivity contribution in [1.29, 1.82) is 0 Å². The largest absolute Gasteiger partial charge is 0.467 e. The quantitative estimate of drug-likeness (QED) is 0.741. The fourth-order valence-corrected chi connectivity index (χ4v) is 2.56. The maximum Gasteiger partial charge on any atom is 0.331 e. The minimum absolute atomic E-state index is 0.0253. The van der Waals surface area contributed by atoms with Crippen LogP contribution in [0.5, 0.6) is 0 Å². The van der Waals surface area contributed by atoms with Gasteiger partial charge in [0.15, 0.2) is 0 Å². The van der Waals surface area contributed by atoms with Gasteiger partial charge in [-0.3, -0.25) is 19.1 Å². The van der Waals surface area contributed by atoms with Crippen LogP contribution in [0.3, 0.4) is 0 Å². The van der Waals surface area contributed by atoms with E-state index in [0.29, 0.717) is 17.3 Å². The predicted molar refractivity (Wildman–Crippen MR) is 92.3 cm³/mol. The van der Waals surface area contributed by atoms with E-state index in [1.165, 1.54) is 11.7 Å². The molecular weight excluding hydrogens is 326 g/mol. The Morgan fingerprint density at radius 3 is 2.60 bits per heavy atom. The number of carbonyl (C=O) groups is 2. The highest BCUT2D eigenvalue weighted by Crippen LogP contribution is 2.12. The summed E-state index contributed by atoms with van der Waals surface area (Å²) in [6.45, 7) is 3.42. The van der Waals surface area contributed by atoms with Gasteiger partial charge in [0.1, 0.15) is 5.54 Å². The third-order valence-electron chi connectivity index (χ3n) is 4.23. The van der Waals surface area contributed by atoms with Crippen LogP contribution >= 0.6 is 0 Å².